The Morgan fingerprint density at radius 2 is 1.64 bits per heavy atom. The first kappa shape index (κ1) is 15.9. The second-order valence-electron chi connectivity index (χ2n) is 4.29. The van der Waals surface area contributed by atoms with Gasteiger partial charge in [-0.1, -0.05) is 11.8 Å². The molecule has 0 spiro atoms. The number of methoxy groups -OCH3 is 2. The fourth-order valence-electron chi connectivity index (χ4n) is 1.82. The average molecular weight is 318 g/mol. The normalized spacial score (nSPS) is 10.1. The van der Waals surface area contributed by atoms with Gasteiger partial charge in [0.2, 0.25) is 0 Å². The molecule has 1 N–H and O–H groups in total. The van der Waals surface area contributed by atoms with Gasteiger partial charge in [-0.15, -0.1) is 0 Å². The van der Waals surface area contributed by atoms with Crippen molar-refractivity contribution in [2.75, 3.05) is 14.2 Å². The SMILES string of the molecule is COC(=O)c1ccc(Sc2ccc(C(=O)O)c(OC)c2)cc1. The summed E-state index contributed by atoms with van der Waals surface area (Å²) in [6, 6.07) is 11.8. The molecule has 0 aromatic heterocycles. The number of esters is 1. The minimum absolute atomic E-state index is 0.118. The highest BCUT2D eigenvalue weighted by atomic mass is 32.2. The van der Waals surface area contributed by atoms with Gasteiger partial charge in [-0.2, -0.15) is 0 Å². The van der Waals surface area contributed by atoms with Crippen LogP contribution in [-0.4, -0.2) is 31.3 Å². The van der Waals surface area contributed by atoms with Crippen LogP contribution in [0.3, 0.4) is 0 Å². The Balaban J connectivity index is 2.20. The van der Waals surface area contributed by atoms with Crippen molar-refractivity contribution in [3.8, 4) is 5.75 Å². The number of hydrogen-bond acceptors (Lipinski definition) is 5. The van der Waals surface area contributed by atoms with E-state index in [2.05, 4.69) is 4.74 Å². The van der Waals surface area contributed by atoms with Crippen LogP contribution in [0.4, 0.5) is 0 Å². The molecular formula is C16H14O5S. The molecule has 114 valence electrons. The summed E-state index contributed by atoms with van der Waals surface area (Å²) in [6.07, 6.45) is 0. The van der Waals surface area contributed by atoms with Gasteiger partial charge >= 0.3 is 11.9 Å². The van der Waals surface area contributed by atoms with Gasteiger partial charge in [0.05, 0.1) is 19.8 Å². The molecule has 5 nitrogen and oxygen atoms in total. The van der Waals surface area contributed by atoms with Gasteiger partial charge in [-0.05, 0) is 42.5 Å². The van der Waals surface area contributed by atoms with Crippen molar-refractivity contribution in [1.82, 2.24) is 0 Å². The fourth-order valence-corrected chi connectivity index (χ4v) is 2.67. The number of carbonyl (C=O) groups is 2. The second-order valence-corrected chi connectivity index (χ2v) is 5.43. The summed E-state index contributed by atoms with van der Waals surface area (Å²) in [7, 11) is 2.77. The van der Waals surface area contributed by atoms with Gasteiger partial charge in [0, 0.05) is 9.79 Å². The number of ether oxygens (including phenoxy) is 2. The molecule has 0 unspecified atom stereocenters. The Morgan fingerprint density at radius 1 is 1.00 bits per heavy atom. The average Bonchev–Trinajstić information content (AvgIpc) is 2.54. The zero-order valence-electron chi connectivity index (χ0n) is 12.0. The third-order valence-electron chi connectivity index (χ3n) is 2.91. The highest BCUT2D eigenvalue weighted by Gasteiger charge is 2.12. The Morgan fingerprint density at radius 3 is 2.18 bits per heavy atom. The predicted octanol–water partition coefficient (Wildman–Crippen LogP) is 3.33. The van der Waals surface area contributed by atoms with Gasteiger partial charge in [0.15, 0.2) is 0 Å². The molecule has 0 aliphatic heterocycles. The summed E-state index contributed by atoms with van der Waals surface area (Å²) < 4.78 is 9.74. The highest BCUT2D eigenvalue weighted by molar-refractivity contribution is 7.99. The molecule has 0 aliphatic carbocycles. The molecule has 22 heavy (non-hydrogen) atoms. The zero-order valence-corrected chi connectivity index (χ0v) is 12.8. The monoisotopic (exact) mass is 318 g/mol. The lowest BCUT2D eigenvalue weighted by molar-refractivity contribution is 0.0599. The first-order valence-electron chi connectivity index (χ1n) is 6.32. The van der Waals surface area contributed by atoms with E-state index in [-0.39, 0.29) is 11.5 Å². The number of carbonyl (C=O) groups excluding carboxylic acids is 1. The Kier molecular flexibility index (Phi) is 5.06. The molecule has 0 saturated carbocycles. The van der Waals surface area contributed by atoms with Crippen LogP contribution in [0.2, 0.25) is 0 Å². The van der Waals surface area contributed by atoms with Crippen LogP contribution in [0.5, 0.6) is 5.75 Å². The summed E-state index contributed by atoms with van der Waals surface area (Å²) in [6.45, 7) is 0. The van der Waals surface area contributed by atoms with Crippen LogP contribution in [0.1, 0.15) is 20.7 Å². The quantitative estimate of drug-likeness (QED) is 0.853. The maximum atomic E-state index is 11.4. The van der Waals surface area contributed by atoms with Crippen molar-refractivity contribution in [1.29, 1.82) is 0 Å². The maximum Gasteiger partial charge on any atom is 0.339 e. The third-order valence-corrected chi connectivity index (χ3v) is 3.91. The van der Waals surface area contributed by atoms with Crippen LogP contribution < -0.4 is 4.74 Å². The van der Waals surface area contributed by atoms with Crippen LogP contribution in [0.15, 0.2) is 52.3 Å². The van der Waals surface area contributed by atoms with Crippen molar-refractivity contribution < 1.29 is 24.2 Å². The molecule has 0 amide bonds. The first-order valence-corrected chi connectivity index (χ1v) is 7.14. The van der Waals surface area contributed by atoms with Gasteiger partial charge in [0.25, 0.3) is 0 Å². The van der Waals surface area contributed by atoms with E-state index >= 15 is 0 Å². The number of rotatable bonds is 5. The molecule has 0 bridgehead atoms. The van der Waals surface area contributed by atoms with E-state index in [4.69, 9.17) is 9.84 Å². The maximum absolute atomic E-state index is 11.4. The number of aromatic carboxylic acids is 1. The minimum Gasteiger partial charge on any atom is -0.496 e. The van der Waals surface area contributed by atoms with Gasteiger partial charge in [-0.3, -0.25) is 0 Å². The Bertz CT molecular complexity index is 694. The number of hydrogen-bond donors (Lipinski definition) is 1. The van der Waals surface area contributed by atoms with Crippen LogP contribution in [0.25, 0.3) is 0 Å². The first-order chi connectivity index (χ1) is 10.5. The number of carboxylic acid groups (broad SMARTS) is 1. The van der Waals surface area contributed by atoms with Crippen LogP contribution in [-0.2, 0) is 4.74 Å². The number of benzene rings is 2. The zero-order chi connectivity index (χ0) is 16.1. The van der Waals surface area contributed by atoms with Crippen molar-refractivity contribution in [3.05, 3.63) is 53.6 Å². The molecule has 0 atom stereocenters. The lowest BCUT2D eigenvalue weighted by atomic mass is 10.2. The number of carboxylic acids is 1. The van der Waals surface area contributed by atoms with Gasteiger partial charge in [0.1, 0.15) is 11.3 Å². The van der Waals surface area contributed by atoms with E-state index in [1.807, 2.05) is 0 Å². The van der Waals surface area contributed by atoms with Crippen LogP contribution >= 0.6 is 11.8 Å². The van der Waals surface area contributed by atoms with Crippen molar-refractivity contribution >= 4 is 23.7 Å². The molecule has 0 fully saturated rings. The Labute approximate surface area is 131 Å². The topological polar surface area (TPSA) is 72.8 Å². The van der Waals surface area contributed by atoms with Gasteiger partial charge in [-0.25, -0.2) is 9.59 Å². The van der Waals surface area contributed by atoms with E-state index in [1.54, 1.807) is 36.4 Å². The van der Waals surface area contributed by atoms with E-state index in [9.17, 15) is 9.59 Å². The van der Waals surface area contributed by atoms with E-state index < -0.39 is 5.97 Å². The standard InChI is InChI=1S/C16H14O5S/c1-20-14-9-12(7-8-13(14)15(17)18)22-11-5-3-10(4-6-11)16(19)21-2/h3-9H,1-2H3,(H,17,18). The predicted molar refractivity (Wildman–Crippen MR) is 81.9 cm³/mol. The highest BCUT2D eigenvalue weighted by Crippen LogP contribution is 2.32. The molecule has 0 saturated heterocycles. The summed E-state index contributed by atoms with van der Waals surface area (Å²) in [4.78, 5) is 24.2. The summed E-state index contributed by atoms with van der Waals surface area (Å²) >= 11 is 1.44. The Hall–Kier alpha value is -2.47. The fraction of sp³-hybridized carbons (Fsp3) is 0.125. The molecule has 6 heteroatoms. The van der Waals surface area contributed by atoms with E-state index in [0.29, 0.717) is 11.3 Å². The molecule has 0 aliphatic rings. The van der Waals surface area contributed by atoms with E-state index in [1.165, 1.54) is 32.0 Å². The second kappa shape index (κ2) is 7.00. The van der Waals surface area contributed by atoms with Gasteiger partial charge < -0.3 is 14.6 Å². The van der Waals surface area contributed by atoms with E-state index in [0.717, 1.165) is 9.79 Å². The largest absolute Gasteiger partial charge is 0.496 e. The van der Waals surface area contributed by atoms with Crippen LogP contribution in [0, 0.1) is 0 Å². The molecule has 2 aromatic rings. The van der Waals surface area contributed by atoms with Crippen molar-refractivity contribution in [2.45, 2.75) is 9.79 Å². The van der Waals surface area contributed by atoms with Crippen molar-refractivity contribution in [2.24, 2.45) is 0 Å². The summed E-state index contributed by atoms with van der Waals surface area (Å²) in [5, 5.41) is 9.05. The molecule has 2 aromatic carbocycles. The molecular weight excluding hydrogens is 304 g/mol. The summed E-state index contributed by atoms with van der Waals surface area (Å²) in [5.74, 6) is -1.11. The lowest BCUT2D eigenvalue weighted by Crippen LogP contribution is -2.00. The smallest absolute Gasteiger partial charge is 0.339 e. The third kappa shape index (κ3) is 3.59. The molecule has 0 heterocycles. The van der Waals surface area contributed by atoms with Crippen molar-refractivity contribution in [3.63, 3.8) is 0 Å². The molecule has 2 rings (SSSR count). The lowest BCUT2D eigenvalue weighted by Gasteiger charge is -2.08. The minimum atomic E-state index is -1.03. The molecule has 0 radical (unpaired) electrons. The summed E-state index contributed by atoms with van der Waals surface area (Å²) in [5.41, 5.74) is 0.596.